The number of aromatic amines is 1. The van der Waals surface area contributed by atoms with Crippen molar-refractivity contribution < 1.29 is 13.9 Å². The molecule has 2 N–H and O–H groups in total. The number of aromatic nitrogens is 1. The van der Waals surface area contributed by atoms with Gasteiger partial charge in [0.15, 0.2) is 0 Å². The van der Waals surface area contributed by atoms with Gasteiger partial charge in [-0.2, -0.15) is 0 Å². The van der Waals surface area contributed by atoms with E-state index in [9.17, 15) is 9.18 Å². The number of fused-ring (bicyclic) bond motifs is 1. The van der Waals surface area contributed by atoms with E-state index >= 15 is 0 Å². The summed E-state index contributed by atoms with van der Waals surface area (Å²) in [6.45, 7) is 0.303. The lowest BCUT2D eigenvalue weighted by atomic mass is 10.1. The van der Waals surface area contributed by atoms with Gasteiger partial charge >= 0.3 is 0 Å². The summed E-state index contributed by atoms with van der Waals surface area (Å²) in [4.78, 5) is 14.8. The number of benzene rings is 1. The van der Waals surface area contributed by atoms with Gasteiger partial charge < -0.3 is 15.0 Å². The number of halogens is 2. The molecule has 3 rings (SSSR count). The second-order valence-electron chi connectivity index (χ2n) is 4.22. The number of amides is 1. The average Bonchev–Trinajstić information content (AvgIpc) is 3.01. The molecule has 6 heteroatoms. The van der Waals surface area contributed by atoms with Gasteiger partial charge in [0.1, 0.15) is 23.9 Å². The van der Waals surface area contributed by atoms with Crippen molar-refractivity contribution in [2.24, 2.45) is 0 Å². The molecule has 1 aliphatic heterocycles. The molecule has 2 heterocycles. The summed E-state index contributed by atoms with van der Waals surface area (Å²) < 4.78 is 19.1. The summed E-state index contributed by atoms with van der Waals surface area (Å²) in [6, 6.07) is 6.12. The third-order valence-corrected chi connectivity index (χ3v) is 3.59. The first-order valence-electron chi connectivity index (χ1n) is 5.71. The average molecular weight is 325 g/mol. The largest absolute Gasteiger partial charge is 0.491 e. The standard InChI is InChI=1S/C13H10BrFN2O2/c14-8-4-7-11(6-19-12(7)5-9(8)15)17-13(18)10-2-1-3-16-10/h1-5,11,16H,6H2,(H,17,18)/t11-/m0/s1. The van der Waals surface area contributed by atoms with Crippen molar-refractivity contribution in [3.8, 4) is 5.75 Å². The maximum Gasteiger partial charge on any atom is 0.268 e. The number of hydrogen-bond acceptors (Lipinski definition) is 2. The van der Waals surface area contributed by atoms with Crippen LogP contribution in [-0.4, -0.2) is 17.5 Å². The Labute approximate surface area is 117 Å². The summed E-state index contributed by atoms with van der Waals surface area (Å²) in [6.07, 6.45) is 1.68. The minimum Gasteiger partial charge on any atom is -0.491 e. The van der Waals surface area contributed by atoms with E-state index in [1.807, 2.05) is 0 Å². The third kappa shape index (κ3) is 2.23. The van der Waals surface area contributed by atoms with Crippen LogP contribution < -0.4 is 10.1 Å². The van der Waals surface area contributed by atoms with Crippen molar-refractivity contribution in [1.82, 2.24) is 10.3 Å². The van der Waals surface area contributed by atoms with Crippen LogP contribution in [-0.2, 0) is 0 Å². The summed E-state index contributed by atoms with van der Waals surface area (Å²) >= 11 is 3.13. The molecule has 0 radical (unpaired) electrons. The first-order chi connectivity index (χ1) is 9.15. The van der Waals surface area contributed by atoms with Gasteiger partial charge in [0.05, 0.1) is 10.5 Å². The highest BCUT2D eigenvalue weighted by molar-refractivity contribution is 9.10. The lowest BCUT2D eigenvalue weighted by Gasteiger charge is -2.11. The Morgan fingerprint density at radius 2 is 2.37 bits per heavy atom. The molecule has 98 valence electrons. The predicted molar refractivity (Wildman–Crippen MR) is 70.6 cm³/mol. The van der Waals surface area contributed by atoms with E-state index in [1.54, 1.807) is 24.4 Å². The fourth-order valence-corrected chi connectivity index (χ4v) is 2.39. The summed E-state index contributed by atoms with van der Waals surface area (Å²) in [5, 5.41) is 2.85. The molecule has 2 aromatic rings. The molecule has 1 aromatic carbocycles. The Hall–Kier alpha value is -1.82. The van der Waals surface area contributed by atoms with Crippen molar-refractivity contribution in [2.45, 2.75) is 6.04 Å². The number of rotatable bonds is 2. The van der Waals surface area contributed by atoms with Crippen molar-refractivity contribution in [3.05, 3.63) is 52.0 Å². The molecule has 1 aromatic heterocycles. The van der Waals surface area contributed by atoms with Gasteiger partial charge in [-0.15, -0.1) is 0 Å². The fourth-order valence-electron chi connectivity index (χ4n) is 2.03. The van der Waals surface area contributed by atoms with Gasteiger partial charge in [-0.25, -0.2) is 4.39 Å². The molecular weight excluding hydrogens is 315 g/mol. The van der Waals surface area contributed by atoms with Crippen molar-refractivity contribution >= 4 is 21.8 Å². The number of hydrogen-bond donors (Lipinski definition) is 2. The lowest BCUT2D eigenvalue weighted by Crippen LogP contribution is -2.29. The van der Waals surface area contributed by atoms with Crippen LogP contribution in [0.1, 0.15) is 22.1 Å². The molecule has 4 nitrogen and oxygen atoms in total. The Morgan fingerprint density at radius 3 is 3.11 bits per heavy atom. The van der Waals surface area contributed by atoms with Crippen LogP contribution in [0.2, 0.25) is 0 Å². The van der Waals surface area contributed by atoms with E-state index in [1.165, 1.54) is 6.07 Å². The van der Waals surface area contributed by atoms with Crippen LogP contribution in [0.3, 0.4) is 0 Å². The lowest BCUT2D eigenvalue weighted by molar-refractivity contribution is 0.0926. The van der Waals surface area contributed by atoms with Gasteiger partial charge in [0.25, 0.3) is 5.91 Å². The Morgan fingerprint density at radius 1 is 1.53 bits per heavy atom. The second-order valence-corrected chi connectivity index (χ2v) is 5.08. The Bertz CT molecular complexity index is 628. The molecule has 1 aliphatic rings. The van der Waals surface area contributed by atoms with Crippen LogP contribution in [0.5, 0.6) is 5.75 Å². The Balaban J connectivity index is 1.83. The molecular formula is C13H10BrFN2O2. The molecule has 1 amide bonds. The van der Waals surface area contributed by atoms with Gasteiger partial charge in [-0.3, -0.25) is 4.79 Å². The van der Waals surface area contributed by atoms with Gasteiger partial charge in [0, 0.05) is 17.8 Å². The molecule has 0 spiro atoms. The van der Waals surface area contributed by atoms with E-state index in [-0.39, 0.29) is 17.8 Å². The third-order valence-electron chi connectivity index (χ3n) is 2.98. The first-order valence-corrected chi connectivity index (χ1v) is 6.50. The molecule has 0 unspecified atom stereocenters. The van der Waals surface area contributed by atoms with Crippen LogP contribution in [0.4, 0.5) is 4.39 Å². The monoisotopic (exact) mass is 324 g/mol. The van der Waals surface area contributed by atoms with Crippen LogP contribution >= 0.6 is 15.9 Å². The van der Waals surface area contributed by atoms with Gasteiger partial charge in [-0.05, 0) is 34.1 Å². The van der Waals surface area contributed by atoms with Crippen molar-refractivity contribution in [1.29, 1.82) is 0 Å². The zero-order valence-corrected chi connectivity index (χ0v) is 11.3. The quantitative estimate of drug-likeness (QED) is 0.892. The number of carbonyl (C=O) groups excluding carboxylic acids is 1. The second kappa shape index (κ2) is 4.70. The summed E-state index contributed by atoms with van der Waals surface area (Å²) in [5.74, 6) is -0.125. The predicted octanol–water partition coefficient (Wildman–Crippen LogP) is 2.78. The molecule has 19 heavy (non-hydrogen) atoms. The molecule has 0 saturated carbocycles. The maximum atomic E-state index is 13.4. The minimum atomic E-state index is -0.380. The number of carbonyl (C=O) groups is 1. The number of nitrogens with one attached hydrogen (secondary N) is 2. The van der Waals surface area contributed by atoms with E-state index in [2.05, 4.69) is 26.2 Å². The van der Waals surface area contributed by atoms with Crippen LogP contribution in [0.15, 0.2) is 34.9 Å². The topological polar surface area (TPSA) is 54.1 Å². The van der Waals surface area contributed by atoms with Crippen molar-refractivity contribution in [2.75, 3.05) is 6.61 Å². The van der Waals surface area contributed by atoms with Gasteiger partial charge in [-0.1, -0.05) is 0 Å². The Kier molecular flexibility index (Phi) is 3.02. The first kappa shape index (κ1) is 12.2. The van der Waals surface area contributed by atoms with E-state index in [0.29, 0.717) is 22.5 Å². The maximum absolute atomic E-state index is 13.4. The summed E-state index contributed by atoms with van der Waals surface area (Å²) in [7, 11) is 0. The molecule has 0 bridgehead atoms. The highest BCUT2D eigenvalue weighted by Crippen LogP contribution is 2.36. The highest BCUT2D eigenvalue weighted by atomic mass is 79.9. The SMILES string of the molecule is O=C(N[C@H]1COc2cc(F)c(Br)cc21)c1ccc[nH]1. The van der Waals surface area contributed by atoms with E-state index < -0.39 is 0 Å². The normalized spacial score (nSPS) is 16.8. The van der Waals surface area contributed by atoms with Crippen LogP contribution in [0.25, 0.3) is 0 Å². The molecule has 1 atom stereocenters. The summed E-state index contributed by atoms with van der Waals surface area (Å²) in [5.41, 5.74) is 1.25. The zero-order valence-electron chi connectivity index (χ0n) is 9.74. The van der Waals surface area contributed by atoms with Gasteiger partial charge in [0.2, 0.25) is 0 Å². The molecule has 0 aliphatic carbocycles. The van der Waals surface area contributed by atoms with Crippen LogP contribution in [0, 0.1) is 5.82 Å². The zero-order chi connectivity index (χ0) is 13.4. The fraction of sp³-hybridized carbons (Fsp3) is 0.154. The highest BCUT2D eigenvalue weighted by Gasteiger charge is 2.27. The molecule has 0 saturated heterocycles. The number of H-pyrrole nitrogens is 1. The smallest absolute Gasteiger partial charge is 0.268 e. The van der Waals surface area contributed by atoms with Crippen molar-refractivity contribution in [3.63, 3.8) is 0 Å². The van der Waals surface area contributed by atoms with E-state index in [0.717, 1.165) is 5.56 Å². The number of ether oxygens (including phenoxy) is 1. The minimum absolute atomic E-state index is 0.216. The van der Waals surface area contributed by atoms with E-state index in [4.69, 9.17) is 4.74 Å². The molecule has 0 fully saturated rings.